The minimum absolute atomic E-state index is 0.562. The van der Waals surface area contributed by atoms with Crippen LogP contribution in [-0.2, 0) is 13.1 Å². The molecule has 0 radical (unpaired) electrons. The maximum atomic E-state index is 4.24. The van der Waals surface area contributed by atoms with Crippen LogP contribution < -0.4 is 5.32 Å². The fourth-order valence-electron chi connectivity index (χ4n) is 6.17. The van der Waals surface area contributed by atoms with Crippen LogP contribution in [0.2, 0.25) is 0 Å². The molecule has 4 aliphatic rings. The third-order valence-corrected chi connectivity index (χ3v) is 6.73. The second-order valence-corrected chi connectivity index (χ2v) is 8.76. The van der Waals surface area contributed by atoms with Crippen molar-refractivity contribution in [1.29, 1.82) is 0 Å². The first-order valence-corrected chi connectivity index (χ1v) is 9.78. The van der Waals surface area contributed by atoms with Crippen LogP contribution in [0.4, 0.5) is 0 Å². The zero-order valence-electron chi connectivity index (χ0n) is 14.8. The number of rotatable bonds is 6. The summed E-state index contributed by atoms with van der Waals surface area (Å²) >= 11 is 0. The predicted molar refractivity (Wildman–Crippen MR) is 95.7 cm³/mol. The molecule has 4 fully saturated rings. The average Bonchev–Trinajstić information content (AvgIpc) is 3.01. The first-order chi connectivity index (χ1) is 12.3. The Morgan fingerprint density at radius 1 is 1.00 bits per heavy atom. The number of aromatic nitrogens is 4. The Kier molecular flexibility index (Phi) is 3.85. The van der Waals surface area contributed by atoms with Gasteiger partial charge in [0.05, 0.1) is 13.1 Å². The smallest absolute Gasteiger partial charge is 0.165 e. The molecule has 0 saturated heterocycles. The number of benzene rings is 1. The van der Waals surface area contributed by atoms with Crippen LogP contribution in [0, 0.1) is 23.2 Å². The van der Waals surface area contributed by atoms with Gasteiger partial charge in [0.15, 0.2) is 5.82 Å². The zero-order valence-corrected chi connectivity index (χ0v) is 14.8. The third kappa shape index (κ3) is 3.10. The molecule has 5 heteroatoms. The van der Waals surface area contributed by atoms with Crippen molar-refractivity contribution < 1.29 is 0 Å². The van der Waals surface area contributed by atoms with Crippen molar-refractivity contribution in [2.24, 2.45) is 23.2 Å². The van der Waals surface area contributed by atoms with Crippen LogP contribution in [0.1, 0.15) is 49.9 Å². The Balaban J connectivity index is 1.21. The molecule has 0 amide bonds. The Bertz CT molecular complexity index is 687. The molecule has 4 bridgehead atoms. The van der Waals surface area contributed by atoms with E-state index >= 15 is 0 Å². The van der Waals surface area contributed by atoms with Gasteiger partial charge in [0.1, 0.15) is 0 Å². The summed E-state index contributed by atoms with van der Waals surface area (Å²) in [5.74, 6) is 3.97. The van der Waals surface area contributed by atoms with Crippen molar-refractivity contribution >= 4 is 0 Å². The number of tetrazole rings is 1. The Morgan fingerprint density at radius 3 is 2.36 bits per heavy atom. The molecule has 1 aromatic carbocycles. The highest BCUT2D eigenvalue weighted by Crippen LogP contribution is 2.59. The molecule has 0 aliphatic heterocycles. The fourth-order valence-corrected chi connectivity index (χ4v) is 6.17. The summed E-state index contributed by atoms with van der Waals surface area (Å²) in [5, 5.41) is 16.0. The molecule has 1 aromatic heterocycles. The number of hydrogen-bond acceptors (Lipinski definition) is 4. The van der Waals surface area contributed by atoms with Gasteiger partial charge < -0.3 is 5.32 Å². The number of hydrogen-bond donors (Lipinski definition) is 1. The second kappa shape index (κ2) is 6.20. The minimum Gasteiger partial charge on any atom is -0.309 e. The molecular formula is C20H27N5. The first-order valence-electron chi connectivity index (χ1n) is 9.78. The molecule has 6 rings (SSSR count). The molecule has 1 heterocycles. The lowest BCUT2D eigenvalue weighted by atomic mass is 9.49. The number of nitrogens with one attached hydrogen (secondary N) is 1. The second-order valence-electron chi connectivity index (χ2n) is 8.76. The van der Waals surface area contributed by atoms with E-state index in [1.165, 1.54) is 44.1 Å². The molecule has 0 atom stereocenters. The fraction of sp³-hybridized carbons (Fsp3) is 0.650. The Morgan fingerprint density at radius 2 is 1.68 bits per heavy atom. The lowest BCUT2D eigenvalue weighted by Gasteiger charge is -2.57. The van der Waals surface area contributed by atoms with Crippen molar-refractivity contribution in [1.82, 2.24) is 25.5 Å². The van der Waals surface area contributed by atoms with E-state index in [1.807, 2.05) is 10.7 Å². The van der Waals surface area contributed by atoms with Gasteiger partial charge in [-0.15, -0.1) is 5.10 Å². The summed E-state index contributed by atoms with van der Waals surface area (Å²) < 4.78 is 1.92. The van der Waals surface area contributed by atoms with E-state index in [9.17, 15) is 0 Å². The summed E-state index contributed by atoms with van der Waals surface area (Å²) in [5.41, 5.74) is 1.80. The predicted octanol–water partition coefficient (Wildman–Crippen LogP) is 3.03. The van der Waals surface area contributed by atoms with E-state index < -0.39 is 0 Å². The monoisotopic (exact) mass is 337 g/mol. The maximum Gasteiger partial charge on any atom is 0.165 e. The van der Waals surface area contributed by atoms with Gasteiger partial charge in [-0.25, -0.2) is 4.68 Å². The third-order valence-electron chi connectivity index (χ3n) is 6.73. The van der Waals surface area contributed by atoms with Crippen molar-refractivity contribution in [3.05, 3.63) is 41.7 Å². The van der Waals surface area contributed by atoms with Crippen LogP contribution in [0.3, 0.4) is 0 Å². The number of nitrogens with zero attached hydrogens (tertiary/aromatic N) is 4. The summed E-state index contributed by atoms with van der Waals surface area (Å²) in [6, 6.07) is 10.4. The van der Waals surface area contributed by atoms with Crippen molar-refractivity contribution in [2.75, 3.05) is 6.54 Å². The van der Waals surface area contributed by atoms with Crippen molar-refractivity contribution in [3.63, 3.8) is 0 Å². The van der Waals surface area contributed by atoms with Crippen LogP contribution in [0.25, 0.3) is 0 Å². The van der Waals surface area contributed by atoms with Gasteiger partial charge in [0, 0.05) is 6.54 Å². The lowest BCUT2D eigenvalue weighted by Crippen LogP contribution is -2.50. The van der Waals surface area contributed by atoms with E-state index in [1.54, 1.807) is 0 Å². The molecule has 25 heavy (non-hydrogen) atoms. The van der Waals surface area contributed by atoms with Crippen LogP contribution in [0.15, 0.2) is 30.3 Å². The van der Waals surface area contributed by atoms with E-state index in [4.69, 9.17) is 0 Å². The zero-order chi connectivity index (χ0) is 16.7. The van der Waals surface area contributed by atoms with Crippen LogP contribution in [0.5, 0.6) is 0 Å². The largest absolute Gasteiger partial charge is 0.309 e. The van der Waals surface area contributed by atoms with Gasteiger partial charge in [-0.2, -0.15) is 0 Å². The SMILES string of the molecule is c1ccc(Cn2nnnc2CNCC23CC4CC(CC(C4)C2)C3)cc1. The molecule has 0 spiro atoms. The Labute approximate surface area is 149 Å². The molecule has 4 saturated carbocycles. The summed E-state index contributed by atoms with van der Waals surface area (Å²) in [6.45, 7) is 2.64. The van der Waals surface area contributed by atoms with Crippen molar-refractivity contribution in [2.45, 2.75) is 51.6 Å². The topological polar surface area (TPSA) is 55.6 Å². The lowest BCUT2D eigenvalue weighted by molar-refractivity contribution is -0.0515. The summed E-state index contributed by atoms with van der Waals surface area (Å²) in [4.78, 5) is 0. The van der Waals surface area contributed by atoms with E-state index in [0.29, 0.717) is 5.41 Å². The quantitative estimate of drug-likeness (QED) is 0.880. The summed E-state index contributed by atoms with van der Waals surface area (Å²) in [7, 11) is 0. The highest BCUT2D eigenvalue weighted by Gasteiger charge is 2.50. The van der Waals surface area contributed by atoms with Crippen LogP contribution >= 0.6 is 0 Å². The maximum absolute atomic E-state index is 4.24. The molecule has 2 aromatic rings. The van der Waals surface area contributed by atoms with Gasteiger partial charge in [0.2, 0.25) is 0 Å². The molecule has 132 valence electrons. The van der Waals surface area contributed by atoms with Crippen molar-refractivity contribution in [3.8, 4) is 0 Å². The standard InChI is InChI=1S/C20H27N5/c1-2-4-15(5-3-1)13-25-19(22-23-24-25)12-21-14-20-9-16-6-17(10-20)8-18(7-16)11-20/h1-5,16-18,21H,6-14H2. The van der Waals surface area contributed by atoms with E-state index in [2.05, 4.69) is 45.1 Å². The van der Waals surface area contributed by atoms with Crippen LogP contribution in [-0.4, -0.2) is 26.8 Å². The minimum atomic E-state index is 0.562. The van der Waals surface area contributed by atoms with Gasteiger partial charge >= 0.3 is 0 Å². The van der Waals surface area contributed by atoms with Gasteiger partial charge in [0.25, 0.3) is 0 Å². The molecule has 5 nitrogen and oxygen atoms in total. The first kappa shape index (κ1) is 15.5. The van der Waals surface area contributed by atoms with Gasteiger partial charge in [-0.1, -0.05) is 30.3 Å². The normalized spacial score (nSPS) is 33.0. The van der Waals surface area contributed by atoms with E-state index in [-0.39, 0.29) is 0 Å². The average molecular weight is 337 g/mol. The molecular weight excluding hydrogens is 310 g/mol. The molecule has 0 unspecified atom stereocenters. The highest BCUT2D eigenvalue weighted by atomic mass is 15.5. The van der Waals surface area contributed by atoms with E-state index in [0.717, 1.165) is 43.2 Å². The van der Waals surface area contributed by atoms with Gasteiger partial charge in [-0.05, 0) is 77.7 Å². The molecule has 1 N–H and O–H groups in total. The van der Waals surface area contributed by atoms with Gasteiger partial charge in [-0.3, -0.25) is 0 Å². The molecule has 4 aliphatic carbocycles. The Hall–Kier alpha value is -1.75. The summed E-state index contributed by atoms with van der Waals surface area (Å²) in [6.07, 6.45) is 8.86. The highest BCUT2D eigenvalue weighted by molar-refractivity contribution is 5.15.